The van der Waals surface area contributed by atoms with Crippen LogP contribution < -0.4 is 5.32 Å². The van der Waals surface area contributed by atoms with E-state index < -0.39 is 0 Å². The van der Waals surface area contributed by atoms with Gasteiger partial charge in [-0.3, -0.25) is 4.79 Å². The predicted octanol–water partition coefficient (Wildman–Crippen LogP) is 2.29. The van der Waals surface area contributed by atoms with Gasteiger partial charge in [-0.1, -0.05) is 0 Å². The summed E-state index contributed by atoms with van der Waals surface area (Å²) in [4.78, 5) is 14.1. The fourth-order valence-electron chi connectivity index (χ4n) is 2.14. The van der Waals surface area contributed by atoms with E-state index in [2.05, 4.69) is 21.2 Å². The minimum Gasteiger partial charge on any atom is -0.457 e. The maximum Gasteiger partial charge on any atom is 0.257 e. The molecule has 0 bridgehead atoms. The largest absolute Gasteiger partial charge is 0.457 e. The summed E-state index contributed by atoms with van der Waals surface area (Å²) in [6.07, 6.45) is 3.66. The van der Waals surface area contributed by atoms with E-state index in [4.69, 9.17) is 4.42 Å². The number of nitrogens with zero attached hydrogens (tertiary/aromatic N) is 1. The Kier molecular flexibility index (Phi) is 5.49. The predicted molar refractivity (Wildman–Crippen MR) is 71.6 cm³/mol. The van der Waals surface area contributed by atoms with Crippen LogP contribution >= 0.6 is 28.3 Å². The number of halogens is 2. The van der Waals surface area contributed by atoms with Crippen LogP contribution in [0.25, 0.3) is 0 Å². The lowest BCUT2D eigenvalue weighted by molar-refractivity contribution is 0.0736. The van der Waals surface area contributed by atoms with Gasteiger partial charge in [-0.05, 0) is 35.8 Å². The molecule has 0 aliphatic carbocycles. The smallest absolute Gasteiger partial charge is 0.257 e. The Balaban J connectivity index is 0.00000144. The Morgan fingerprint density at radius 1 is 1.71 bits per heavy atom. The minimum absolute atomic E-state index is 0. The highest BCUT2D eigenvalue weighted by Gasteiger charge is 2.29. The van der Waals surface area contributed by atoms with E-state index in [-0.39, 0.29) is 18.3 Å². The first-order chi connectivity index (χ1) is 7.72. The topological polar surface area (TPSA) is 45.5 Å². The van der Waals surface area contributed by atoms with Crippen LogP contribution in [0, 0.1) is 0 Å². The molecule has 1 aromatic rings. The number of likely N-dealkylation sites (tertiary alicyclic amines) is 1. The number of carbonyl (C=O) groups excluding carboxylic acids is 1. The third-order valence-electron chi connectivity index (χ3n) is 2.89. The highest BCUT2D eigenvalue weighted by atomic mass is 79.9. The quantitative estimate of drug-likeness (QED) is 0.928. The van der Waals surface area contributed by atoms with Gasteiger partial charge in [0, 0.05) is 25.2 Å². The van der Waals surface area contributed by atoms with Crippen molar-refractivity contribution in [1.29, 1.82) is 0 Å². The molecule has 1 N–H and O–H groups in total. The summed E-state index contributed by atoms with van der Waals surface area (Å²) in [7, 11) is 1.91. The summed E-state index contributed by atoms with van der Waals surface area (Å²) in [5, 5.41) is 3.12. The van der Waals surface area contributed by atoms with Gasteiger partial charge in [0.05, 0.1) is 5.56 Å². The van der Waals surface area contributed by atoms with Gasteiger partial charge in [0.25, 0.3) is 5.91 Å². The van der Waals surface area contributed by atoms with Crippen molar-refractivity contribution >= 4 is 34.2 Å². The van der Waals surface area contributed by atoms with Crippen LogP contribution in [0.15, 0.2) is 21.4 Å². The van der Waals surface area contributed by atoms with Gasteiger partial charge in [0.1, 0.15) is 6.26 Å². The maximum atomic E-state index is 12.2. The molecule has 1 unspecified atom stereocenters. The summed E-state index contributed by atoms with van der Waals surface area (Å²) < 4.78 is 5.69. The normalized spacial score (nSPS) is 19.2. The third-order valence-corrected chi connectivity index (χ3v) is 3.31. The summed E-state index contributed by atoms with van der Waals surface area (Å²) >= 11 is 3.21. The summed E-state index contributed by atoms with van der Waals surface area (Å²) in [5.74, 6) is 0.0622. The van der Waals surface area contributed by atoms with Crippen molar-refractivity contribution in [2.75, 3.05) is 20.1 Å². The molecule has 6 heteroatoms. The van der Waals surface area contributed by atoms with Gasteiger partial charge < -0.3 is 14.6 Å². The van der Waals surface area contributed by atoms with E-state index in [9.17, 15) is 4.79 Å². The first kappa shape index (κ1) is 14.5. The molecule has 1 aromatic heterocycles. The van der Waals surface area contributed by atoms with Gasteiger partial charge in [0.15, 0.2) is 4.67 Å². The van der Waals surface area contributed by atoms with Crippen molar-refractivity contribution in [1.82, 2.24) is 10.2 Å². The minimum atomic E-state index is 0. The molecule has 1 saturated heterocycles. The zero-order valence-corrected chi connectivity index (χ0v) is 12.0. The average Bonchev–Trinajstić information content (AvgIpc) is 2.87. The van der Waals surface area contributed by atoms with Gasteiger partial charge in [0.2, 0.25) is 0 Å². The SMILES string of the molecule is CNCC1CCCN1C(=O)c1coc(Br)c1.Cl. The van der Waals surface area contributed by atoms with Gasteiger partial charge in [-0.15, -0.1) is 12.4 Å². The second kappa shape index (κ2) is 6.42. The zero-order valence-electron chi connectivity index (χ0n) is 9.61. The lowest BCUT2D eigenvalue weighted by Crippen LogP contribution is -2.40. The van der Waals surface area contributed by atoms with Gasteiger partial charge in [-0.25, -0.2) is 0 Å². The Labute approximate surface area is 115 Å². The van der Waals surface area contributed by atoms with Crippen LogP contribution in [0.2, 0.25) is 0 Å². The molecule has 1 amide bonds. The average molecular weight is 324 g/mol. The van der Waals surface area contributed by atoms with E-state index in [0.29, 0.717) is 16.3 Å². The Morgan fingerprint density at radius 2 is 2.47 bits per heavy atom. The van der Waals surface area contributed by atoms with Crippen LogP contribution in [0.1, 0.15) is 23.2 Å². The number of furan rings is 1. The molecule has 0 aromatic carbocycles. The number of hydrogen-bond donors (Lipinski definition) is 1. The van der Waals surface area contributed by atoms with Crippen molar-refractivity contribution in [3.63, 3.8) is 0 Å². The third kappa shape index (κ3) is 3.24. The lowest BCUT2D eigenvalue weighted by Gasteiger charge is -2.23. The zero-order chi connectivity index (χ0) is 11.5. The summed E-state index contributed by atoms with van der Waals surface area (Å²) in [6.45, 7) is 1.69. The second-order valence-corrected chi connectivity index (χ2v) is 4.77. The molecule has 96 valence electrons. The van der Waals surface area contributed by atoms with Crippen molar-refractivity contribution < 1.29 is 9.21 Å². The molecular formula is C11H16BrClN2O2. The lowest BCUT2D eigenvalue weighted by atomic mass is 10.2. The van der Waals surface area contributed by atoms with Crippen LogP contribution in [-0.4, -0.2) is 37.0 Å². The number of hydrogen-bond acceptors (Lipinski definition) is 3. The van der Waals surface area contributed by atoms with Crippen LogP contribution in [-0.2, 0) is 0 Å². The van der Waals surface area contributed by atoms with E-state index in [1.807, 2.05) is 11.9 Å². The van der Waals surface area contributed by atoms with E-state index in [1.165, 1.54) is 6.26 Å². The Morgan fingerprint density at radius 3 is 3.06 bits per heavy atom. The van der Waals surface area contributed by atoms with Gasteiger partial charge >= 0.3 is 0 Å². The molecular weight excluding hydrogens is 307 g/mol. The molecule has 1 aliphatic heterocycles. The van der Waals surface area contributed by atoms with Gasteiger partial charge in [-0.2, -0.15) is 0 Å². The fourth-order valence-corrected chi connectivity index (χ4v) is 2.48. The molecule has 1 aliphatic rings. The van der Waals surface area contributed by atoms with Crippen LogP contribution in [0.4, 0.5) is 0 Å². The Bertz CT molecular complexity index is 383. The molecule has 0 spiro atoms. The number of rotatable bonds is 3. The summed E-state index contributed by atoms with van der Waals surface area (Å²) in [6, 6.07) is 2.03. The monoisotopic (exact) mass is 322 g/mol. The molecule has 4 nitrogen and oxygen atoms in total. The van der Waals surface area contributed by atoms with Crippen LogP contribution in [0.5, 0.6) is 0 Å². The molecule has 2 rings (SSSR count). The fraction of sp³-hybridized carbons (Fsp3) is 0.545. The number of amides is 1. The highest BCUT2D eigenvalue weighted by molar-refractivity contribution is 9.10. The standard InChI is InChI=1S/C11H15BrN2O2.ClH/c1-13-6-9-3-2-4-14(9)11(15)8-5-10(12)16-7-8;/h5,7,9,13H,2-4,6H2,1H3;1H. The van der Waals surface area contributed by atoms with Crippen LogP contribution in [0.3, 0.4) is 0 Å². The molecule has 2 heterocycles. The van der Waals surface area contributed by atoms with Crippen molar-refractivity contribution in [2.24, 2.45) is 0 Å². The molecule has 0 radical (unpaired) electrons. The molecule has 17 heavy (non-hydrogen) atoms. The maximum absolute atomic E-state index is 12.2. The highest BCUT2D eigenvalue weighted by Crippen LogP contribution is 2.22. The number of carbonyl (C=O) groups is 1. The first-order valence-electron chi connectivity index (χ1n) is 5.42. The Hall–Kier alpha value is -0.520. The van der Waals surface area contributed by atoms with Crippen molar-refractivity contribution in [3.8, 4) is 0 Å². The molecule has 0 saturated carbocycles. The van der Waals surface area contributed by atoms with Crippen molar-refractivity contribution in [2.45, 2.75) is 18.9 Å². The van der Waals surface area contributed by atoms with Crippen molar-refractivity contribution in [3.05, 3.63) is 22.6 Å². The first-order valence-corrected chi connectivity index (χ1v) is 6.21. The number of nitrogens with one attached hydrogen (secondary N) is 1. The molecule has 1 fully saturated rings. The molecule has 1 atom stereocenters. The van der Waals surface area contributed by atoms with E-state index >= 15 is 0 Å². The second-order valence-electron chi connectivity index (χ2n) is 3.99. The number of likely N-dealkylation sites (N-methyl/N-ethyl adjacent to an activating group) is 1. The van der Waals surface area contributed by atoms with E-state index in [1.54, 1.807) is 6.07 Å². The van der Waals surface area contributed by atoms with E-state index in [0.717, 1.165) is 25.9 Å². The summed E-state index contributed by atoms with van der Waals surface area (Å²) in [5.41, 5.74) is 0.620.